The molecule has 0 saturated carbocycles. The molecular weight excluding hydrogens is 272 g/mol. The molecule has 1 aliphatic rings. The lowest BCUT2D eigenvalue weighted by atomic mass is 10.2. The van der Waals surface area contributed by atoms with Crippen molar-refractivity contribution in [1.29, 1.82) is 0 Å². The van der Waals surface area contributed by atoms with Gasteiger partial charge in [0.25, 0.3) is 5.91 Å². The number of carbonyl (C=O) groups is 1. The number of furan rings is 1. The molecule has 1 aliphatic heterocycles. The predicted octanol–water partition coefficient (Wildman–Crippen LogP) is 2.63. The smallest absolute Gasteiger partial charge is 0.290 e. The number of rotatable bonds is 2. The summed E-state index contributed by atoms with van der Waals surface area (Å²) in [6.07, 6.45) is 1.76. The quantitative estimate of drug-likeness (QED) is 0.863. The van der Waals surface area contributed by atoms with Gasteiger partial charge in [-0.05, 0) is 38.0 Å². The van der Waals surface area contributed by atoms with E-state index in [1.165, 1.54) is 0 Å². The molecule has 20 heavy (non-hydrogen) atoms. The van der Waals surface area contributed by atoms with Crippen LogP contribution >= 0.6 is 12.2 Å². The van der Waals surface area contributed by atoms with E-state index in [0.29, 0.717) is 17.3 Å². The first kappa shape index (κ1) is 13.1. The van der Waals surface area contributed by atoms with E-state index in [2.05, 4.69) is 0 Å². The van der Waals surface area contributed by atoms with Crippen LogP contribution in [0, 0.1) is 6.92 Å². The zero-order chi connectivity index (χ0) is 14.3. The number of nitrogens with two attached hydrogens (primary N) is 1. The molecule has 1 atom stereocenters. The number of aryl methyl sites for hydroxylation is 1. The average Bonchev–Trinajstić information content (AvgIpc) is 3.03. The normalized spacial score (nSPS) is 18.6. The van der Waals surface area contributed by atoms with Gasteiger partial charge >= 0.3 is 0 Å². The van der Waals surface area contributed by atoms with E-state index in [1.54, 1.807) is 11.0 Å². The molecule has 5 heteroatoms. The third-order valence-corrected chi connectivity index (χ3v) is 4.00. The molecule has 104 valence electrons. The molecular formula is C15H16N2O2S. The molecule has 0 bridgehead atoms. The first-order valence-corrected chi connectivity index (χ1v) is 7.07. The van der Waals surface area contributed by atoms with Crippen LogP contribution in [0.4, 0.5) is 0 Å². The Morgan fingerprint density at radius 3 is 3.00 bits per heavy atom. The van der Waals surface area contributed by atoms with Crippen molar-refractivity contribution in [3.8, 4) is 0 Å². The lowest BCUT2D eigenvalue weighted by molar-refractivity contribution is 0.0741. The Labute approximate surface area is 122 Å². The van der Waals surface area contributed by atoms with Gasteiger partial charge in [0.05, 0.1) is 11.0 Å². The van der Waals surface area contributed by atoms with Crippen molar-refractivity contribution in [1.82, 2.24) is 4.90 Å². The monoisotopic (exact) mass is 288 g/mol. The van der Waals surface area contributed by atoms with Crippen LogP contribution in [0.2, 0.25) is 0 Å². The number of fused-ring (bicyclic) bond motifs is 1. The summed E-state index contributed by atoms with van der Waals surface area (Å²) in [5.41, 5.74) is 7.57. The fourth-order valence-corrected chi connectivity index (χ4v) is 2.96. The van der Waals surface area contributed by atoms with Gasteiger partial charge in [0.15, 0.2) is 5.76 Å². The standard InChI is InChI=1S/C15H16N2O2S/c1-9-4-5-12-10(7-9)8-13(19-12)15(18)17-6-2-3-11(17)14(16)20/h4-5,7-8,11H,2-3,6H2,1H3,(H2,16,20). The number of nitrogens with zero attached hydrogens (tertiary/aromatic N) is 1. The average molecular weight is 288 g/mol. The molecule has 1 amide bonds. The Kier molecular flexibility index (Phi) is 3.22. The first-order chi connectivity index (χ1) is 9.56. The van der Waals surface area contributed by atoms with Crippen molar-refractivity contribution in [3.05, 3.63) is 35.6 Å². The summed E-state index contributed by atoms with van der Waals surface area (Å²) >= 11 is 5.04. The van der Waals surface area contributed by atoms with Gasteiger partial charge in [-0.3, -0.25) is 4.79 Å². The van der Waals surface area contributed by atoms with E-state index in [-0.39, 0.29) is 11.9 Å². The molecule has 3 rings (SSSR count). The molecule has 1 saturated heterocycles. The highest BCUT2D eigenvalue weighted by Gasteiger charge is 2.32. The zero-order valence-corrected chi connectivity index (χ0v) is 12.1. The van der Waals surface area contributed by atoms with Crippen molar-refractivity contribution in [2.75, 3.05) is 6.54 Å². The third kappa shape index (κ3) is 2.18. The molecule has 2 heterocycles. The van der Waals surface area contributed by atoms with Gasteiger partial charge in [0.1, 0.15) is 5.58 Å². The van der Waals surface area contributed by atoms with Crippen molar-refractivity contribution >= 4 is 34.1 Å². The minimum absolute atomic E-state index is 0.130. The lowest BCUT2D eigenvalue weighted by Crippen LogP contribution is -2.42. The van der Waals surface area contributed by atoms with Gasteiger partial charge in [-0.1, -0.05) is 23.8 Å². The highest BCUT2D eigenvalue weighted by Crippen LogP contribution is 2.25. The Hall–Kier alpha value is -1.88. The van der Waals surface area contributed by atoms with Crippen LogP contribution in [0.25, 0.3) is 11.0 Å². The molecule has 1 unspecified atom stereocenters. The molecule has 2 aromatic rings. The van der Waals surface area contributed by atoms with E-state index in [9.17, 15) is 4.79 Å². The molecule has 1 fully saturated rings. The second-order valence-corrected chi connectivity index (χ2v) is 5.68. The van der Waals surface area contributed by atoms with E-state index < -0.39 is 0 Å². The van der Waals surface area contributed by atoms with Crippen LogP contribution in [-0.2, 0) is 0 Å². The van der Waals surface area contributed by atoms with Crippen LogP contribution in [0.5, 0.6) is 0 Å². The number of likely N-dealkylation sites (tertiary alicyclic amines) is 1. The Balaban J connectivity index is 1.94. The minimum atomic E-state index is -0.146. The molecule has 1 aromatic carbocycles. The second kappa shape index (κ2) is 4.90. The Morgan fingerprint density at radius 1 is 1.45 bits per heavy atom. The van der Waals surface area contributed by atoms with Crippen LogP contribution in [0.1, 0.15) is 29.0 Å². The Bertz CT molecular complexity index is 692. The molecule has 0 spiro atoms. The number of thiocarbonyl (C=S) groups is 1. The maximum atomic E-state index is 12.5. The Morgan fingerprint density at radius 2 is 2.25 bits per heavy atom. The van der Waals surface area contributed by atoms with Crippen LogP contribution < -0.4 is 5.73 Å². The summed E-state index contributed by atoms with van der Waals surface area (Å²) in [5.74, 6) is 0.225. The maximum absolute atomic E-state index is 12.5. The summed E-state index contributed by atoms with van der Waals surface area (Å²) in [6, 6.07) is 7.50. The SMILES string of the molecule is Cc1ccc2oc(C(=O)N3CCCC3C(N)=S)cc2c1. The first-order valence-electron chi connectivity index (χ1n) is 6.67. The van der Waals surface area contributed by atoms with E-state index in [0.717, 1.165) is 29.4 Å². The van der Waals surface area contributed by atoms with Gasteiger partial charge in [-0.15, -0.1) is 0 Å². The highest BCUT2D eigenvalue weighted by molar-refractivity contribution is 7.80. The fraction of sp³-hybridized carbons (Fsp3) is 0.333. The van der Waals surface area contributed by atoms with Crippen molar-refractivity contribution < 1.29 is 9.21 Å². The van der Waals surface area contributed by atoms with Crippen LogP contribution in [0.15, 0.2) is 28.7 Å². The molecule has 4 nitrogen and oxygen atoms in total. The largest absolute Gasteiger partial charge is 0.451 e. The van der Waals surface area contributed by atoms with Gasteiger partial charge < -0.3 is 15.1 Å². The van der Waals surface area contributed by atoms with Crippen molar-refractivity contribution in [2.45, 2.75) is 25.8 Å². The summed E-state index contributed by atoms with van der Waals surface area (Å²) in [4.78, 5) is 14.6. The zero-order valence-electron chi connectivity index (χ0n) is 11.3. The van der Waals surface area contributed by atoms with Crippen LogP contribution in [0.3, 0.4) is 0 Å². The fourth-order valence-electron chi connectivity index (χ4n) is 2.72. The summed E-state index contributed by atoms with van der Waals surface area (Å²) in [5, 5.41) is 0.944. The van der Waals surface area contributed by atoms with Gasteiger partial charge in [0.2, 0.25) is 0 Å². The van der Waals surface area contributed by atoms with Crippen molar-refractivity contribution in [2.24, 2.45) is 5.73 Å². The predicted molar refractivity (Wildman–Crippen MR) is 81.8 cm³/mol. The number of carbonyl (C=O) groups excluding carboxylic acids is 1. The van der Waals surface area contributed by atoms with E-state index >= 15 is 0 Å². The number of hydrogen-bond acceptors (Lipinski definition) is 3. The summed E-state index contributed by atoms with van der Waals surface area (Å²) in [7, 11) is 0. The summed E-state index contributed by atoms with van der Waals surface area (Å²) < 4.78 is 5.65. The van der Waals surface area contributed by atoms with E-state index in [1.807, 2.05) is 25.1 Å². The van der Waals surface area contributed by atoms with Gasteiger partial charge in [-0.25, -0.2) is 0 Å². The van der Waals surface area contributed by atoms with Gasteiger partial charge in [-0.2, -0.15) is 0 Å². The topological polar surface area (TPSA) is 59.5 Å². The van der Waals surface area contributed by atoms with E-state index in [4.69, 9.17) is 22.4 Å². The minimum Gasteiger partial charge on any atom is -0.451 e. The number of hydrogen-bond donors (Lipinski definition) is 1. The van der Waals surface area contributed by atoms with Crippen LogP contribution in [-0.4, -0.2) is 28.4 Å². The summed E-state index contributed by atoms with van der Waals surface area (Å²) in [6.45, 7) is 2.69. The molecule has 0 aliphatic carbocycles. The lowest BCUT2D eigenvalue weighted by Gasteiger charge is -2.22. The molecule has 2 N–H and O–H groups in total. The number of benzene rings is 1. The molecule has 0 radical (unpaired) electrons. The maximum Gasteiger partial charge on any atom is 0.290 e. The van der Waals surface area contributed by atoms with Crippen molar-refractivity contribution in [3.63, 3.8) is 0 Å². The molecule has 1 aromatic heterocycles. The van der Waals surface area contributed by atoms with Gasteiger partial charge in [0, 0.05) is 11.9 Å². The second-order valence-electron chi connectivity index (χ2n) is 5.21. The number of amides is 1. The third-order valence-electron chi connectivity index (χ3n) is 3.72. The highest BCUT2D eigenvalue weighted by atomic mass is 32.1.